The van der Waals surface area contributed by atoms with Gasteiger partial charge in [0.05, 0.1) is 25.2 Å². The van der Waals surface area contributed by atoms with Gasteiger partial charge in [0.15, 0.2) is 5.65 Å². The van der Waals surface area contributed by atoms with E-state index >= 15 is 0 Å². The van der Waals surface area contributed by atoms with Crippen LogP contribution in [-0.4, -0.2) is 62.4 Å². The first kappa shape index (κ1) is 43.7. The monoisotopic (exact) mass is 717 g/mol. The van der Waals surface area contributed by atoms with E-state index in [9.17, 15) is 14.4 Å². The molecule has 0 saturated heterocycles. The summed E-state index contributed by atoms with van der Waals surface area (Å²) < 4.78 is 18.5. The van der Waals surface area contributed by atoms with E-state index < -0.39 is 23.7 Å². The summed E-state index contributed by atoms with van der Waals surface area (Å²) in [4.78, 5) is 51.1. The maximum absolute atomic E-state index is 13.0. The van der Waals surface area contributed by atoms with Crippen LogP contribution in [0.25, 0.3) is 11.2 Å². The van der Waals surface area contributed by atoms with Gasteiger partial charge in [-0.15, -0.1) is 0 Å². The van der Waals surface area contributed by atoms with Crippen LogP contribution in [0.2, 0.25) is 0 Å². The number of unbranched alkanes of at least 4 members (excludes halogenated alkanes) is 14. The number of hydrogen-bond donors (Lipinski definition) is 2. The number of ether oxygens (including phenoxy) is 3. The molecular formula is C39H68N6O6. The first-order valence-corrected chi connectivity index (χ1v) is 19.6. The van der Waals surface area contributed by atoms with Crippen molar-refractivity contribution in [3.63, 3.8) is 0 Å². The predicted octanol–water partition coefficient (Wildman–Crippen LogP) is 8.62. The summed E-state index contributed by atoms with van der Waals surface area (Å²) in [5.41, 5.74) is 7.13. The summed E-state index contributed by atoms with van der Waals surface area (Å²) >= 11 is 0. The topological polar surface area (TPSA) is 161 Å². The molecule has 2 heterocycles. The van der Waals surface area contributed by atoms with Gasteiger partial charge in [-0.2, -0.15) is 4.98 Å². The molecule has 0 unspecified atom stereocenters. The van der Waals surface area contributed by atoms with Crippen LogP contribution < -0.4 is 11.1 Å². The highest BCUT2D eigenvalue weighted by Crippen LogP contribution is 2.19. The van der Waals surface area contributed by atoms with Crippen molar-refractivity contribution < 1.29 is 28.6 Å². The van der Waals surface area contributed by atoms with E-state index in [0.717, 1.165) is 19.3 Å². The van der Waals surface area contributed by atoms with E-state index in [1.54, 1.807) is 27.1 Å². The highest BCUT2D eigenvalue weighted by atomic mass is 16.6. The number of hydrogen-bond acceptors (Lipinski definition) is 10. The van der Waals surface area contributed by atoms with Crippen LogP contribution in [0.4, 0.5) is 10.7 Å². The van der Waals surface area contributed by atoms with Crippen LogP contribution in [0.5, 0.6) is 0 Å². The van der Waals surface area contributed by atoms with Crippen molar-refractivity contribution in [2.24, 2.45) is 11.8 Å². The number of aryl methyl sites for hydroxylation is 1. The SMILES string of the molecule is CCCCCCCCCCCCCCCCCC(=O)OC[C@H](CCOC(=O)[C@@H](NC(=O)OC(C)(C)C)C(C)C)Cn1cnc2c(C)nc(N)nc21. The van der Waals surface area contributed by atoms with Crippen molar-refractivity contribution in [2.75, 3.05) is 18.9 Å². The number of carbonyl (C=O) groups excluding carboxylic acids is 3. The molecule has 2 atom stereocenters. The molecule has 0 aromatic carbocycles. The maximum atomic E-state index is 13.0. The van der Waals surface area contributed by atoms with Crippen LogP contribution in [0, 0.1) is 18.8 Å². The van der Waals surface area contributed by atoms with E-state index in [4.69, 9.17) is 19.9 Å². The Morgan fingerprint density at radius 1 is 0.863 bits per heavy atom. The number of imidazole rings is 1. The van der Waals surface area contributed by atoms with Gasteiger partial charge in [-0.1, -0.05) is 111 Å². The van der Waals surface area contributed by atoms with Crippen molar-refractivity contribution in [3.05, 3.63) is 12.0 Å². The molecule has 1 amide bonds. The van der Waals surface area contributed by atoms with Gasteiger partial charge in [0.2, 0.25) is 5.95 Å². The Hall–Kier alpha value is -3.44. The van der Waals surface area contributed by atoms with Crippen LogP contribution in [0.1, 0.15) is 156 Å². The van der Waals surface area contributed by atoms with Gasteiger partial charge in [0, 0.05) is 18.9 Å². The zero-order valence-corrected chi connectivity index (χ0v) is 32.8. The van der Waals surface area contributed by atoms with Crippen molar-refractivity contribution in [2.45, 2.75) is 176 Å². The van der Waals surface area contributed by atoms with Crippen LogP contribution in [0.3, 0.4) is 0 Å². The second-order valence-electron chi connectivity index (χ2n) is 15.3. The first-order valence-electron chi connectivity index (χ1n) is 19.6. The molecule has 290 valence electrons. The molecule has 3 N–H and O–H groups in total. The van der Waals surface area contributed by atoms with Gasteiger partial charge in [-0.3, -0.25) is 4.79 Å². The number of rotatable bonds is 26. The quantitative estimate of drug-likeness (QED) is 0.0548. The molecule has 0 radical (unpaired) electrons. The highest BCUT2D eigenvalue weighted by molar-refractivity contribution is 5.81. The Morgan fingerprint density at radius 2 is 1.43 bits per heavy atom. The number of fused-ring (bicyclic) bond motifs is 1. The summed E-state index contributed by atoms with van der Waals surface area (Å²) in [7, 11) is 0. The molecule has 2 rings (SSSR count). The van der Waals surface area contributed by atoms with Gasteiger partial charge in [-0.05, 0) is 46.5 Å². The van der Waals surface area contributed by atoms with Gasteiger partial charge in [0.25, 0.3) is 0 Å². The largest absolute Gasteiger partial charge is 0.465 e. The highest BCUT2D eigenvalue weighted by Gasteiger charge is 2.28. The second kappa shape index (κ2) is 23.9. The second-order valence-corrected chi connectivity index (χ2v) is 15.3. The fourth-order valence-electron chi connectivity index (χ4n) is 6.02. The van der Waals surface area contributed by atoms with Crippen molar-refractivity contribution in [3.8, 4) is 0 Å². The summed E-state index contributed by atoms with van der Waals surface area (Å²) in [6, 6.07) is -0.869. The minimum atomic E-state index is -0.869. The number of nitrogens with zero attached hydrogens (tertiary/aromatic N) is 4. The molecule has 12 nitrogen and oxygen atoms in total. The normalized spacial score (nSPS) is 12.9. The van der Waals surface area contributed by atoms with E-state index in [0.29, 0.717) is 36.2 Å². The van der Waals surface area contributed by atoms with Crippen LogP contribution in [-0.2, 0) is 30.3 Å². The van der Waals surface area contributed by atoms with Gasteiger partial charge >= 0.3 is 18.0 Å². The van der Waals surface area contributed by atoms with E-state index in [-0.39, 0.29) is 37.0 Å². The molecule has 0 aliphatic rings. The minimum absolute atomic E-state index is 0.0715. The molecule has 51 heavy (non-hydrogen) atoms. The zero-order chi connectivity index (χ0) is 37.6. The number of nitrogen functional groups attached to an aromatic ring is 1. The number of anilines is 1. The Bertz CT molecular complexity index is 1310. The number of nitrogens with one attached hydrogen (secondary N) is 1. The summed E-state index contributed by atoms with van der Waals surface area (Å²) in [5.74, 6) is -1.05. The molecule has 0 saturated carbocycles. The summed E-state index contributed by atoms with van der Waals surface area (Å²) in [5, 5.41) is 2.63. The maximum Gasteiger partial charge on any atom is 0.408 e. The van der Waals surface area contributed by atoms with Crippen LogP contribution >= 0.6 is 0 Å². The Kier molecular flexibility index (Phi) is 20.5. The molecule has 0 aliphatic carbocycles. The fraction of sp³-hybridized carbons (Fsp3) is 0.795. The van der Waals surface area contributed by atoms with Crippen LogP contribution in [0.15, 0.2) is 6.33 Å². The Morgan fingerprint density at radius 3 is 1.98 bits per heavy atom. The van der Waals surface area contributed by atoms with Crippen molar-refractivity contribution in [1.82, 2.24) is 24.8 Å². The predicted molar refractivity (Wildman–Crippen MR) is 202 cm³/mol. The molecule has 2 aromatic rings. The minimum Gasteiger partial charge on any atom is -0.465 e. The van der Waals surface area contributed by atoms with E-state index in [2.05, 4.69) is 27.2 Å². The van der Waals surface area contributed by atoms with Gasteiger partial charge in [-0.25, -0.2) is 19.6 Å². The molecule has 0 bridgehead atoms. The number of alkyl carbamates (subject to hydrolysis) is 1. The number of aromatic nitrogens is 4. The number of amides is 1. The average Bonchev–Trinajstić information content (AvgIpc) is 3.45. The molecule has 0 spiro atoms. The van der Waals surface area contributed by atoms with Crippen molar-refractivity contribution in [1.29, 1.82) is 0 Å². The number of esters is 2. The Balaban J connectivity index is 1.80. The molecule has 0 fully saturated rings. The first-order chi connectivity index (χ1) is 24.3. The lowest BCUT2D eigenvalue weighted by Gasteiger charge is -2.25. The summed E-state index contributed by atoms with van der Waals surface area (Å²) in [6.07, 6.45) is 20.8. The fourth-order valence-corrected chi connectivity index (χ4v) is 6.02. The zero-order valence-electron chi connectivity index (χ0n) is 32.8. The van der Waals surface area contributed by atoms with E-state index in [1.807, 2.05) is 25.3 Å². The molecule has 2 aromatic heterocycles. The smallest absolute Gasteiger partial charge is 0.408 e. The van der Waals surface area contributed by atoms with E-state index in [1.165, 1.54) is 77.0 Å². The van der Waals surface area contributed by atoms with Gasteiger partial charge < -0.3 is 29.8 Å². The number of nitrogens with two attached hydrogens (primary N) is 1. The third-order valence-corrected chi connectivity index (χ3v) is 8.94. The Labute approximate surface area is 306 Å². The van der Waals surface area contributed by atoms with Gasteiger partial charge in [0.1, 0.15) is 17.2 Å². The third kappa shape index (κ3) is 18.6. The standard InChI is InChI=1S/C39H68N6O6/c1-8-9-10-11-12-13-14-15-16-17-18-19-20-21-22-23-32(46)50-27-31(26-45-28-41-34-30(4)42-37(40)44-35(34)45)24-25-49-36(47)33(29(2)3)43-38(48)51-39(5,6)7/h28-29,31,33H,8-27H2,1-7H3,(H,43,48)(H2,40,42,44)/t31-,33+/m1/s1. The average molecular weight is 717 g/mol. The summed E-state index contributed by atoms with van der Waals surface area (Å²) in [6.45, 7) is 13.6. The lowest BCUT2D eigenvalue weighted by atomic mass is 10.0. The molecule has 12 heteroatoms. The lowest BCUT2D eigenvalue weighted by Crippen LogP contribution is -2.47. The third-order valence-electron chi connectivity index (χ3n) is 8.94. The number of carbonyl (C=O) groups is 3. The molecule has 0 aliphatic heterocycles. The lowest BCUT2D eigenvalue weighted by molar-refractivity contribution is -0.150. The molecular weight excluding hydrogens is 648 g/mol. The van der Waals surface area contributed by atoms with Crippen molar-refractivity contribution >= 4 is 35.1 Å².